The molecule has 1 aromatic heterocycles. The van der Waals surface area contributed by atoms with Gasteiger partial charge in [-0.3, -0.25) is 4.79 Å². The maximum atomic E-state index is 11.4. The van der Waals surface area contributed by atoms with Crippen LogP contribution in [0, 0.1) is 11.3 Å². The van der Waals surface area contributed by atoms with E-state index in [1.54, 1.807) is 6.92 Å². The Bertz CT molecular complexity index is 470. The summed E-state index contributed by atoms with van der Waals surface area (Å²) in [6.07, 6.45) is 3.01. The molecule has 1 aromatic rings. The van der Waals surface area contributed by atoms with Crippen LogP contribution < -0.4 is 5.01 Å². The Morgan fingerprint density at radius 2 is 2.13 bits per heavy atom. The van der Waals surface area contributed by atoms with Crippen molar-refractivity contribution in [2.75, 3.05) is 5.01 Å². The number of hydrazone groups is 1. The minimum absolute atomic E-state index is 0.155. The maximum absolute atomic E-state index is 11.4. The van der Waals surface area contributed by atoms with Crippen molar-refractivity contribution in [1.29, 1.82) is 5.26 Å². The third-order valence-corrected chi connectivity index (χ3v) is 1.87. The summed E-state index contributed by atoms with van der Waals surface area (Å²) < 4.78 is 0. The van der Waals surface area contributed by atoms with Gasteiger partial charge in [0.2, 0.25) is 0 Å². The number of hydrogen-bond donors (Lipinski definition) is 0. The predicted molar refractivity (Wildman–Crippen MR) is 52.0 cm³/mol. The van der Waals surface area contributed by atoms with E-state index < -0.39 is 0 Å². The third-order valence-electron chi connectivity index (χ3n) is 1.87. The largest absolute Gasteiger partial charge is 0.272 e. The summed E-state index contributed by atoms with van der Waals surface area (Å²) in [5.74, 6) is 0.0491. The molecule has 0 fully saturated rings. The average molecular weight is 201 g/mol. The van der Waals surface area contributed by atoms with E-state index in [9.17, 15) is 4.79 Å². The van der Waals surface area contributed by atoms with E-state index in [1.165, 1.54) is 12.4 Å². The van der Waals surface area contributed by atoms with Gasteiger partial charge in [0.25, 0.3) is 11.9 Å². The number of carbonyl (C=O) groups excluding carboxylic acids is 1. The van der Waals surface area contributed by atoms with Crippen LogP contribution in [0.25, 0.3) is 0 Å². The molecule has 1 amide bonds. The van der Waals surface area contributed by atoms with Crippen LogP contribution >= 0.6 is 0 Å². The first kappa shape index (κ1) is 9.27. The molecule has 0 saturated carbocycles. The van der Waals surface area contributed by atoms with Crippen molar-refractivity contribution in [1.82, 2.24) is 9.97 Å². The molecule has 1 aliphatic rings. The van der Waals surface area contributed by atoms with E-state index in [-0.39, 0.29) is 11.9 Å². The Balaban J connectivity index is 2.31. The van der Waals surface area contributed by atoms with Crippen LogP contribution in [0.1, 0.15) is 18.9 Å². The van der Waals surface area contributed by atoms with E-state index in [1.807, 2.05) is 6.07 Å². The lowest BCUT2D eigenvalue weighted by molar-refractivity contribution is -0.117. The average Bonchev–Trinajstić information content (AvgIpc) is 2.58. The number of nitriles is 1. The van der Waals surface area contributed by atoms with Gasteiger partial charge >= 0.3 is 0 Å². The van der Waals surface area contributed by atoms with Crippen LogP contribution in [-0.2, 0) is 4.79 Å². The molecule has 2 rings (SSSR count). The fourth-order valence-corrected chi connectivity index (χ4v) is 1.20. The molecule has 6 nitrogen and oxygen atoms in total. The highest BCUT2D eigenvalue weighted by Gasteiger charge is 2.24. The lowest BCUT2D eigenvalue weighted by atomic mass is 10.3. The summed E-state index contributed by atoms with van der Waals surface area (Å²) in [4.78, 5) is 19.2. The molecule has 0 saturated heterocycles. The first-order valence-electron chi connectivity index (χ1n) is 4.30. The lowest BCUT2D eigenvalue weighted by Gasteiger charge is -2.07. The molecule has 6 heteroatoms. The summed E-state index contributed by atoms with van der Waals surface area (Å²) in [6, 6.07) is 1.90. The summed E-state index contributed by atoms with van der Waals surface area (Å²) in [7, 11) is 0. The van der Waals surface area contributed by atoms with Crippen molar-refractivity contribution in [3.63, 3.8) is 0 Å². The second kappa shape index (κ2) is 3.46. The van der Waals surface area contributed by atoms with E-state index in [2.05, 4.69) is 15.1 Å². The number of hydrogen-bond acceptors (Lipinski definition) is 5. The van der Waals surface area contributed by atoms with Crippen molar-refractivity contribution in [2.24, 2.45) is 5.10 Å². The molecule has 0 aliphatic carbocycles. The highest BCUT2D eigenvalue weighted by atomic mass is 16.2. The second-order valence-electron chi connectivity index (χ2n) is 3.10. The van der Waals surface area contributed by atoms with Crippen LogP contribution in [0.2, 0.25) is 0 Å². The number of aromatic nitrogens is 2. The highest BCUT2D eigenvalue weighted by molar-refractivity contribution is 6.11. The molecule has 0 N–H and O–H groups in total. The standard InChI is InChI=1S/C9H7N5O/c1-6-2-8(15)14(13-6)9-11-4-7(3-10)5-12-9/h4-5H,2H2,1H3. The topological polar surface area (TPSA) is 82.2 Å². The zero-order chi connectivity index (χ0) is 10.8. The van der Waals surface area contributed by atoms with E-state index >= 15 is 0 Å². The van der Waals surface area contributed by atoms with Gasteiger partial charge in [0, 0.05) is 5.71 Å². The fourth-order valence-electron chi connectivity index (χ4n) is 1.20. The molecule has 0 unspecified atom stereocenters. The number of nitrogens with zero attached hydrogens (tertiary/aromatic N) is 5. The van der Waals surface area contributed by atoms with Gasteiger partial charge < -0.3 is 0 Å². The van der Waals surface area contributed by atoms with Crippen molar-refractivity contribution in [3.05, 3.63) is 18.0 Å². The Morgan fingerprint density at radius 1 is 1.47 bits per heavy atom. The van der Waals surface area contributed by atoms with Gasteiger partial charge in [0.05, 0.1) is 24.4 Å². The number of rotatable bonds is 1. The fraction of sp³-hybridized carbons (Fsp3) is 0.222. The maximum Gasteiger partial charge on any atom is 0.255 e. The zero-order valence-electron chi connectivity index (χ0n) is 8.01. The Morgan fingerprint density at radius 3 is 2.60 bits per heavy atom. The molecular formula is C9H7N5O. The third kappa shape index (κ3) is 1.67. The lowest BCUT2D eigenvalue weighted by Crippen LogP contribution is -2.21. The minimum Gasteiger partial charge on any atom is -0.272 e. The molecule has 74 valence electrons. The van der Waals surface area contributed by atoms with E-state index in [4.69, 9.17) is 5.26 Å². The van der Waals surface area contributed by atoms with Crippen molar-refractivity contribution < 1.29 is 4.79 Å². The Kier molecular flexibility index (Phi) is 2.14. The zero-order valence-corrected chi connectivity index (χ0v) is 8.01. The normalized spacial score (nSPS) is 15.1. The van der Waals surface area contributed by atoms with Crippen LogP contribution in [0.15, 0.2) is 17.5 Å². The van der Waals surface area contributed by atoms with Gasteiger partial charge in [0.1, 0.15) is 6.07 Å². The monoisotopic (exact) mass is 201 g/mol. The van der Waals surface area contributed by atoms with E-state index in [0.717, 1.165) is 10.7 Å². The summed E-state index contributed by atoms with van der Waals surface area (Å²) in [6.45, 7) is 1.77. The molecular weight excluding hydrogens is 194 g/mol. The molecule has 0 atom stereocenters. The summed E-state index contributed by atoms with van der Waals surface area (Å²) >= 11 is 0. The van der Waals surface area contributed by atoms with Gasteiger partial charge in [-0.15, -0.1) is 0 Å². The van der Waals surface area contributed by atoms with Gasteiger partial charge in [-0.05, 0) is 6.92 Å². The van der Waals surface area contributed by atoms with Crippen molar-refractivity contribution in [3.8, 4) is 6.07 Å². The van der Waals surface area contributed by atoms with Crippen molar-refractivity contribution >= 4 is 17.6 Å². The highest BCUT2D eigenvalue weighted by Crippen LogP contribution is 2.14. The van der Waals surface area contributed by atoms with Crippen molar-refractivity contribution in [2.45, 2.75) is 13.3 Å². The van der Waals surface area contributed by atoms with Gasteiger partial charge in [-0.25, -0.2) is 9.97 Å². The first-order chi connectivity index (χ1) is 7.20. The van der Waals surface area contributed by atoms with Crippen LogP contribution in [0.3, 0.4) is 0 Å². The molecule has 1 aliphatic heterocycles. The summed E-state index contributed by atoms with van der Waals surface area (Å²) in [5, 5.41) is 13.7. The van der Waals surface area contributed by atoms with E-state index in [0.29, 0.717) is 12.0 Å². The van der Waals surface area contributed by atoms with Gasteiger partial charge in [-0.2, -0.15) is 15.4 Å². The van der Waals surface area contributed by atoms with Crippen LogP contribution in [0.4, 0.5) is 5.95 Å². The molecule has 0 spiro atoms. The number of amides is 1. The second-order valence-corrected chi connectivity index (χ2v) is 3.10. The molecule has 15 heavy (non-hydrogen) atoms. The van der Waals surface area contributed by atoms with Gasteiger partial charge in [-0.1, -0.05) is 0 Å². The molecule has 0 aromatic carbocycles. The SMILES string of the molecule is CC1=NN(c2ncc(C#N)cn2)C(=O)C1. The summed E-state index contributed by atoms with van der Waals surface area (Å²) in [5.41, 5.74) is 1.08. The smallest absolute Gasteiger partial charge is 0.255 e. The van der Waals surface area contributed by atoms with Crippen LogP contribution in [0.5, 0.6) is 0 Å². The number of carbonyl (C=O) groups is 1. The molecule has 0 radical (unpaired) electrons. The first-order valence-corrected chi connectivity index (χ1v) is 4.30. The van der Waals surface area contributed by atoms with Gasteiger partial charge in [0.15, 0.2) is 0 Å². The van der Waals surface area contributed by atoms with Crippen LogP contribution in [-0.4, -0.2) is 21.6 Å². The molecule has 0 bridgehead atoms. The minimum atomic E-state index is -0.155. The Labute approximate surface area is 85.9 Å². The predicted octanol–water partition coefficient (Wildman–Crippen LogP) is 0.461. The quantitative estimate of drug-likeness (QED) is 0.660. The number of anilines is 1. The molecule has 2 heterocycles. The Hall–Kier alpha value is -2.29.